The highest BCUT2D eigenvalue weighted by Gasteiger charge is 2.29. The maximum atomic E-state index is 11.1. The summed E-state index contributed by atoms with van der Waals surface area (Å²) < 4.78 is 0. The van der Waals surface area contributed by atoms with Crippen molar-refractivity contribution in [3.8, 4) is 0 Å². The number of rotatable bonds is 7. The highest BCUT2D eigenvalue weighted by atomic mass is 16.7. The van der Waals surface area contributed by atoms with E-state index in [-0.39, 0.29) is 0 Å². The monoisotopic (exact) mass is 289 g/mol. The molecule has 4 heteroatoms. The van der Waals surface area contributed by atoms with Crippen LogP contribution in [0.3, 0.4) is 0 Å². The molecule has 0 aliphatic rings. The van der Waals surface area contributed by atoms with Crippen molar-refractivity contribution in [3.63, 3.8) is 0 Å². The van der Waals surface area contributed by atoms with Crippen LogP contribution in [-0.2, 0) is 9.63 Å². The number of carboxylic acid groups (broad SMARTS) is 1. The molecule has 4 nitrogen and oxygen atoms in total. The molecule has 0 bridgehead atoms. The van der Waals surface area contributed by atoms with Gasteiger partial charge in [0.1, 0.15) is 0 Å². The summed E-state index contributed by atoms with van der Waals surface area (Å²) in [6.07, 6.45) is 3.67. The van der Waals surface area contributed by atoms with E-state index in [2.05, 4.69) is 11.2 Å². The van der Waals surface area contributed by atoms with Crippen molar-refractivity contribution >= 4 is 11.7 Å². The largest absolute Gasteiger partial charge is 0.478 e. The Morgan fingerprint density at radius 3 is 2.43 bits per heavy atom. The standard InChI is InChI=1S/C17H23NO3/c1-13(2)9-8-12-15(14-10-6-5-7-11-14)18-21-17(3,4)16(19)20/h5-7,9-11H,8,12H2,1-4H3,(H,19,20)/b18-15+. The van der Waals surface area contributed by atoms with Crippen molar-refractivity contribution in [2.24, 2.45) is 5.16 Å². The first-order valence-electron chi connectivity index (χ1n) is 7.00. The van der Waals surface area contributed by atoms with Crippen molar-refractivity contribution in [1.82, 2.24) is 0 Å². The highest BCUT2D eigenvalue weighted by Crippen LogP contribution is 2.14. The second-order valence-corrected chi connectivity index (χ2v) is 5.63. The van der Waals surface area contributed by atoms with E-state index in [1.165, 1.54) is 19.4 Å². The third kappa shape index (κ3) is 5.81. The zero-order valence-electron chi connectivity index (χ0n) is 13.1. The first-order chi connectivity index (χ1) is 9.83. The highest BCUT2D eigenvalue weighted by molar-refractivity contribution is 6.00. The molecule has 0 aliphatic heterocycles. The van der Waals surface area contributed by atoms with Crippen LogP contribution in [0.25, 0.3) is 0 Å². The quantitative estimate of drug-likeness (QED) is 0.468. The van der Waals surface area contributed by atoms with Crippen LogP contribution >= 0.6 is 0 Å². The number of hydrogen-bond donors (Lipinski definition) is 1. The molecule has 0 atom stereocenters. The molecule has 0 unspecified atom stereocenters. The van der Waals surface area contributed by atoms with Crippen molar-refractivity contribution in [3.05, 3.63) is 47.5 Å². The van der Waals surface area contributed by atoms with Gasteiger partial charge in [-0.15, -0.1) is 0 Å². The number of benzene rings is 1. The average molecular weight is 289 g/mol. The lowest BCUT2D eigenvalue weighted by Gasteiger charge is -2.17. The lowest BCUT2D eigenvalue weighted by Crippen LogP contribution is -2.33. The summed E-state index contributed by atoms with van der Waals surface area (Å²) in [5.74, 6) is -1.04. The molecule has 0 radical (unpaired) electrons. The Morgan fingerprint density at radius 1 is 1.29 bits per heavy atom. The van der Waals surface area contributed by atoms with Gasteiger partial charge in [-0.3, -0.25) is 0 Å². The second kappa shape index (κ2) is 7.62. The third-order valence-electron chi connectivity index (χ3n) is 2.94. The number of aliphatic carboxylic acids is 1. The van der Waals surface area contributed by atoms with Gasteiger partial charge in [0, 0.05) is 0 Å². The predicted molar refractivity (Wildman–Crippen MR) is 84.4 cm³/mol. The summed E-state index contributed by atoms with van der Waals surface area (Å²) >= 11 is 0. The molecular weight excluding hydrogens is 266 g/mol. The summed E-state index contributed by atoms with van der Waals surface area (Å²) in [7, 11) is 0. The number of allylic oxidation sites excluding steroid dienone is 2. The molecule has 0 fully saturated rings. The van der Waals surface area contributed by atoms with Crippen LogP contribution in [0, 0.1) is 0 Å². The fraction of sp³-hybridized carbons (Fsp3) is 0.412. The Balaban J connectivity index is 2.91. The van der Waals surface area contributed by atoms with Crippen LogP contribution in [-0.4, -0.2) is 22.4 Å². The van der Waals surface area contributed by atoms with Crippen LogP contribution in [0.2, 0.25) is 0 Å². The molecule has 114 valence electrons. The molecule has 0 spiro atoms. The van der Waals surface area contributed by atoms with Gasteiger partial charge in [-0.25, -0.2) is 4.79 Å². The minimum atomic E-state index is -1.34. The molecular formula is C17H23NO3. The van der Waals surface area contributed by atoms with E-state index in [1.807, 2.05) is 44.2 Å². The van der Waals surface area contributed by atoms with Crippen LogP contribution < -0.4 is 0 Å². The molecule has 0 heterocycles. The lowest BCUT2D eigenvalue weighted by atomic mass is 10.1. The van der Waals surface area contributed by atoms with E-state index in [4.69, 9.17) is 9.94 Å². The molecule has 0 amide bonds. The Kier molecular flexibility index (Phi) is 6.15. The molecule has 0 saturated heterocycles. The lowest BCUT2D eigenvalue weighted by molar-refractivity contribution is -0.161. The Hall–Kier alpha value is -2.10. The van der Waals surface area contributed by atoms with Crippen molar-refractivity contribution < 1.29 is 14.7 Å². The summed E-state index contributed by atoms with van der Waals surface area (Å²) in [6, 6.07) is 9.67. The normalized spacial score (nSPS) is 11.9. The number of hydrogen-bond acceptors (Lipinski definition) is 3. The van der Waals surface area contributed by atoms with Gasteiger partial charge in [0.2, 0.25) is 5.60 Å². The molecule has 1 aromatic carbocycles. The summed E-state index contributed by atoms with van der Waals surface area (Å²) in [5.41, 5.74) is 1.61. The molecule has 1 rings (SSSR count). The van der Waals surface area contributed by atoms with Crippen LogP contribution in [0.1, 0.15) is 46.1 Å². The van der Waals surface area contributed by atoms with Crippen molar-refractivity contribution in [2.45, 2.75) is 46.1 Å². The van der Waals surface area contributed by atoms with Gasteiger partial charge in [0.25, 0.3) is 0 Å². The van der Waals surface area contributed by atoms with Gasteiger partial charge in [-0.2, -0.15) is 0 Å². The van der Waals surface area contributed by atoms with E-state index in [9.17, 15) is 4.79 Å². The number of oxime groups is 1. The van der Waals surface area contributed by atoms with Gasteiger partial charge in [0.15, 0.2) is 0 Å². The van der Waals surface area contributed by atoms with Crippen LogP contribution in [0.15, 0.2) is 47.1 Å². The Labute approximate surface area is 126 Å². The van der Waals surface area contributed by atoms with Crippen LogP contribution in [0.4, 0.5) is 0 Å². The Morgan fingerprint density at radius 2 is 1.90 bits per heavy atom. The second-order valence-electron chi connectivity index (χ2n) is 5.63. The minimum Gasteiger partial charge on any atom is -0.478 e. The minimum absolute atomic E-state index is 0.699. The van der Waals surface area contributed by atoms with E-state index in [0.29, 0.717) is 6.42 Å². The molecule has 21 heavy (non-hydrogen) atoms. The summed E-state index contributed by atoms with van der Waals surface area (Å²) in [6.45, 7) is 7.06. The van der Waals surface area contributed by atoms with Gasteiger partial charge < -0.3 is 9.94 Å². The average Bonchev–Trinajstić information content (AvgIpc) is 2.43. The maximum Gasteiger partial charge on any atom is 0.350 e. The first-order valence-corrected chi connectivity index (χ1v) is 7.00. The van der Waals surface area contributed by atoms with Crippen LogP contribution in [0.5, 0.6) is 0 Å². The predicted octanol–water partition coefficient (Wildman–Crippen LogP) is 4.02. The van der Waals surface area contributed by atoms with E-state index in [0.717, 1.165) is 17.7 Å². The molecule has 0 aromatic heterocycles. The molecule has 1 N–H and O–H groups in total. The molecule has 0 aliphatic carbocycles. The van der Waals surface area contributed by atoms with E-state index in [1.54, 1.807) is 0 Å². The number of nitrogens with zero attached hydrogens (tertiary/aromatic N) is 1. The molecule has 0 saturated carbocycles. The van der Waals surface area contributed by atoms with Crippen molar-refractivity contribution in [2.75, 3.05) is 0 Å². The maximum absolute atomic E-state index is 11.1. The SMILES string of the molecule is CC(C)=CCC/C(=N\OC(C)(C)C(=O)O)c1ccccc1. The number of carbonyl (C=O) groups is 1. The summed E-state index contributed by atoms with van der Waals surface area (Å²) in [4.78, 5) is 16.3. The van der Waals surface area contributed by atoms with Gasteiger partial charge in [0.05, 0.1) is 5.71 Å². The van der Waals surface area contributed by atoms with Gasteiger partial charge in [-0.05, 0) is 46.1 Å². The van der Waals surface area contributed by atoms with E-state index >= 15 is 0 Å². The van der Waals surface area contributed by atoms with Crippen molar-refractivity contribution in [1.29, 1.82) is 0 Å². The Bertz CT molecular complexity index is 526. The number of carboxylic acids is 1. The third-order valence-corrected chi connectivity index (χ3v) is 2.94. The van der Waals surface area contributed by atoms with E-state index < -0.39 is 11.6 Å². The fourth-order valence-corrected chi connectivity index (χ4v) is 1.58. The summed E-state index contributed by atoms with van der Waals surface area (Å²) in [5, 5.41) is 13.2. The zero-order chi connectivity index (χ0) is 15.9. The first kappa shape index (κ1) is 17.0. The topological polar surface area (TPSA) is 58.9 Å². The van der Waals surface area contributed by atoms with Gasteiger partial charge >= 0.3 is 5.97 Å². The smallest absolute Gasteiger partial charge is 0.350 e. The molecule has 1 aromatic rings. The fourth-order valence-electron chi connectivity index (χ4n) is 1.58. The van der Waals surface area contributed by atoms with Gasteiger partial charge in [-0.1, -0.05) is 47.1 Å². The zero-order valence-corrected chi connectivity index (χ0v) is 13.1.